The van der Waals surface area contributed by atoms with Gasteiger partial charge in [-0.3, -0.25) is 14.7 Å². The Morgan fingerprint density at radius 2 is 1.86 bits per heavy atom. The number of nitrogens with zero attached hydrogens (tertiary/aromatic N) is 3. The Morgan fingerprint density at radius 3 is 2.43 bits per heavy atom. The molecule has 0 atom stereocenters. The van der Waals surface area contributed by atoms with Crippen LogP contribution in [0.2, 0.25) is 0 Å². The molecule has 1 aliphatic rings. The van der Waals surface area contributed by atoms with Crippen molar-refractivity contribution < 1.29 is 4.79 Å². The lowest BCUT2D eigenvalue weighted by molar-refractivity contribution is -0.125. The van der Waals surface area contributed by atoms with Crippen LogP contribution in [0, 0.1) is 5.41 Å². The minimum atomic E-state index is -0.634. The number of piperazine rings is 1. The largest absolute Gasteiger partial charge is 0.369 e. The minimum Gasteiger partial charge on any atom is -0.369 e. The van der Waals surface area contributed by atoms with Gasteiger partial charge in [-0.2, -0.15) is 0 Å². The second-order valence-corrected chi connectivity index (χ2v) is 7.52. The van der Waals surface area contributed by atoms with Crippen molar-refractivity contribution in [3.8, 4) is 0 Å². The zero-order valence-electron chi connectivity index (χ0n) is 17.2. The fourth-order valence-corrected chi connectivity index (χ4v) is 2.82. The number of hydrogen-bond acceptors (Lipinski definition) is 3. The van der Waals surface area contributed by atoms with Gasteiger partial charge in [0.2, 0.25) is 5.91 Å². The third-order valence-electron chi connectivity index (χ3n) is 4.77. The molecule has 0 saturated carbocycles. The van der Waals surface area contributed by atoms with E-state index in [9.17, 15) is 4.79 Å². The van der Waals surface area contributed by atoms with Gasteiger partial charge in [-0.25, -0.2) is 0 Å². The molecule has 0 bridgehead atoms. The quantitative estimate of drug-likeness (QED) is 0.344. The maximum absolute atomic E-state index is 11.5. The number of primary amides is 1. The van der Waals surface area contributed by atoms with Crippen molar-refractivity contribution in [1.82, 2.24) is 15.1 Å². The molecule has 3 N–H and O–H groups in total. The molecule has 1 aliphatic heterocycles. The molecule has 156 valence electrons. The molecule has 1 heterocycles. The molecule has 7 heteroatoms. The van der Waals surface area contributed by atoms with Crippen LogP contribution in [0.25, 0.3) is 6.08 Å². The third kappa shape index (κ3) is 7.79. The van der Waals surface area contributed by atoms with Crippen LogP contribution in [0.5, 0.6) is 0 Å². The molecule has 0 aliphatic carbocycles. The third-order valence-corrected chi connectivity index (χ3v) is 4.77. The van der Waals surface area contributed by atoms with Crippen LogP contribution in [0.15, 0.2) is 41.4 Å². The zero-order valence-corrected chi connectivity index (χ0v) is 19.6. The molecule has 28 heavy (non-hydrogen) atoms. The monoisotopic (exact) mass is 499 g/mol. The summed E-state index contributed by atoms with van der Waals surface area (Å²) in [6.07, 6.45) is 4.39. The summed E-state index contributed by atoms with van der Waals surface area (Å²) in [5.74, 6) is 0.545. The first-order valence-corrected chi connectivity index (χ1v) is 9.69. The Labute approximate surface area is 186 Å². The second kappa shape index (κ2) is 12.1. The van der Waals surface area contributed by atoms with E-state index in [4.69, 9.17) is 5.73 Å². The SMILES string of the molecule is CCNC(=NCC(C)(C)C(N)=O)N1CCN(CC=Cc2ccccc2)CC1.I. The number of hydrogen-bond donors (Lipinski definition) is 2. The highest BCUT2D eigenvalue weighted by Gasteiger charge is 2.26. The van der Waals surface area contributed by atoms with E-state index in [-0.39, 0.29) is 29.9 Å². The van der Waals surface area contributed by atoms with Crippen LogP contribution in [0.1, 0.15) is 26.3 Å². The number of nitrogens with one attached hydrogen (secondary N) is 1. The molecule has 2 rings (SSSR count). The van der Waals surface area contributed by atoms with E-state index in [1.165, 1.54) is 5.56 Å². The predicted molar refractivity (Wildman–Crippen MR) is 128 cm³/mol. The summed E-state index contributed by atoms with van der Waals surface area (Å²) in [6, 6.07) is 10.4. The van der Waals surface area contributed by atoms with E-state index in [1.54, 1.807) is 0 Å². The Balaban J connectivity index is 0.00000392. The summed E-state index contributed by atoms with van der Waals surface area (Å²) >= 11 is 0. The fourth-order valence-electron chi connectivity index (χ4n) is 2.82. The first-order valence-electron chi connectivity index (χ1n) is 9.69. The normalized spacial score (nSPS) is 16.1. The maximum Gasteiger partial charge on any atom is 0.224 e. The van der Waals surface area contributed by atoms with E-state index in [0.29, 0.717) is 6.54 Å². The highest BCUT2D eigenvalue weighted by Crippen LogP contribution is 2.14. The number of halogens is 1. The van der Waals surface area contributed by atoms with E-state index < -0.39 is 5.41 Å². The number of carbonyl (C=O) groups is 1. The summed E-state index contributed by atoms with van der Waals surface area (Å²) in [5, 5.41) is 3.33. The summed E-state index contributed by atoms with van der Waals surface area (Å²) in [6.45, 7) is 11.7. The van der Waals surface area contributed by atoms with Crippen molar-refractivity contribution >= 4 is 41.9 Å². The first kappa shape index (κ1) is 24.4. The van der Waals surface area contributed by atoms with Gasteiger partial charge in [0, 0.05) is 39.3 Å². The maximum atomic E-state index is 11.5. The lowest BCUT2D eigenvalue weighted by Gasteiger charge is -2.36. The van der Waals surface area contributed by atoms with Gasteiger partial charge in [-0.1, -0.05) is 42.5 Å². The van der Waals surface area contributed by atoms with Crippen LogP contribution < -0.4 is 11.1 Å². The number of carbonyl (C=O) groups excluding carboxylic acids is 1. The van der Waals surface area contributed by atoms with Crippen molar-refractivity contribution in [2.45, 2.75) is 20.8 Å². The molecule has 1 fully saturated rings. The van der Waals surface area contributed by atoms with Crippen LogP contribution in [-0.4, -0.2) is 67.5 Å². The van der Waals surface area contributed by atoms with Gasteiger partial charge < -0.3 is 16.0 Å². The van der Waals surface area contributed by atoms with E-state index in [0.717, 1.165) is 45.2 Å². The lowest BCUT2D eigenvalue weighted by Crippen LogP contribution is -2.52. The molecule has 0 aromatic heterocycles. The Hall–Kier alpha value is -1.61. The number of benzene rings is 1. The van der Waals surface area contributed by atoms with Crippen molar-refractivity contribution in [1.29, 1.82) is 0 Å². The molecular weight excluding hydrogens is 465 g/mol. The molecule has 1 saturated heterocycles. The molecule has 1 aromatic carbocycles. The lowest BCUT2D eigenvalue weighted by atomic mass is 9.93. The van der Waals surface area contributed by atoms with Crippen molar-refractivity contribution in [3.63, 3.8) is 0 Å². The molecule has 1 amide bonds. The first-order chi connectivity index (χ1) is 12.9. The topological polar surface area (TPSA) is 74.0 Å². The van der Waals surface area contributed by atoms with E-state index in [1.807, 2.05) is 19.9 Å². The van der Waals surface area contributed by atoms with Gasteiger partial charge in [-0.15, -0.1) is 24.0 Å². The van der Waals surface area contributed by atoms with Crippen molar-refractivity contribution in [3.05, 3.63) is 42.0 Å². The number of rotatable bonds is 7. The molecule has 6 nitrogen and oxygen atoms in total. The number of aliphatic imine (C=N–C) groups is 1. The van der Waals surface area contributed by atoms with Crippen molar-refractivity contribution in [2.24, 2.45) is 16.1 Å². The number of guanidine groups is 1. The Bertz CT molecular complexity index is 652. The zero-order chi connectivity index (χ0) is 19.7. The van der Waals surface area contributed by atoms with Gasteiger partial charge >= 0.3 is 0 Å². The van der Waals surface area contributed by atoms with Gasteiger partial charge in [0.25, 0.3) is 0 Å². The highest BCUT2D eigenvalue weighted by molar-refractivity contribution is 14.0. The molecule has 0 unspecified atom stereocenters. The molecule has 0 spiro atoms. The molecule has 1 aromatic rings. The average molecular weight is 499 g/mol. The highest BCUT2D eigenvalue weighted by atomic mass is 127. The summed E-state index contributed by atoms with van der Waals surface area (Å²) in [7, 11) is 0. The van der Waals surface area contributed by atoms with Crippen LogP contribution in [0.4, 0.5) is 0 Å². The smallest absolute Gasteiger partial charge is 0.224 e. The predicted octanol–water partition coefficient (Wildman–Crippen LogP) is 2.41. The van der Waals surface area contributed by atoms with Crippen LogP contribution >= 0.6 is 24.0 Å². The van der Waals surface area contributed by atoms with Crippen LogP contribution in [-0.2, 0) is 4.79 Å². The minimum absolute atomic E-state index is 0. The average Bonchev–Trinajstić information content (AvgIpc) is 2.66. The van der Waals surface area contributed by atoms with Gasteiger partial charge in [-0.05, 0) is 26.3 Å². The van der Waals surface area contributed by atoms with Crippen LogP contribution in [0.3, 0.4) is 0 Å². The standard InChI is InChI=1S/C21H33N5O.HI/c1-4-23-20(24-17-21(2,3)19(22)27)26-15-13-25(14-16-26)12-8-11-18-9-6-5-7-10-18;/h5-11H,4,12-17H2,1-3H3,(H2,22,27)(H,23,24);1H. The number of amides is 1. The van der Waals surface area contributed by atoms with E-state index >= 15 is 0 Å². The van der Waals surface area contributed by atoms with Gasteiger partial charge in [0.1, 0.15) is 0 Å². The Kier molecular flexibility index (Phi) is 10.5. The number of nitrogens with two attached hydrogens (primary N) is 1. The Morgan fingerprint density at radius 1 is 1.21 bits per heavy atom. The van der Waals surface area contributed by atoms with Crippen molar-refractivity contribution in [2.75, 3.05) is 45.8 Å². The second-order valence-electron chi connectivity index (χ2n) is 7.52. The van der Waals surface area contributed by atoms with Gasteiger partial charge in [0.15, 0.2) is 5.96 Å². The fraction of sp³-hybridized carbons (Fsp3) is 0.524. The molecule has 0 radical (unpaired) electrons. The summed E-state index contributed by atoms with van der Waals surface area (Å²) in [5.41, 5.74) is 6.06. The van der Waals surface area contributed by atoms with E-state index in [2.05, 4.69) is 63.5 Å². The molecular formula is C21H34IN5O. The summed E-state index contributed by atoms with van der Waals surface area (Å²) in [4.78, 5) is 20.9. The van der Waals surface area contributed by atoms with Gasteiger partial charge in [0.05, 0.1) is 12.0 Å². The summed E-state index contributed by atoms with van der Waals surface area (Å²) < 4.78 is 0.